The number of fused-ring (bicyclic) bond motifs is 1. The van der Waals surface area contributed by atoms with Crippen molar-refractivity contribution in [2.24, 2.45) is 0 Å². The molecule has 0 amide bonds. The minimum absolute atomic E-state index is 0.397. The maximum absolute atomic E-state index is 10.9. The maximum Gasteiger partial charge on any atom is 0.417 e. The van der Waals surface area contributed by atoms with Gasteiger partial charge in [0.05, 0.1) is 5.52 Å². The van der Waals surface area contributed by atoms with Crippen molar-refractivity contribution >= 4 is 11.1 Å². The first-order chi connectivity index (χ1) is 6.31. The molecule has 0 bridgehead atoms. The van der Waals surface area contributed by atoms with E-state index in [1.807, 2.05) is 18.2 Å². The van der Waals surface area contributed by atoms with Gasteiger partial charge in [0.2, 0.25) is 0 Å². The molecule has 2 aromatic rings. The van der Waals surface area contributed by atoms with Crippen molar-refractivity contribution in [3.63, 3.8) is 0 Å². The molecule has 67 valence electrons. The summed E-state index contributed by atoms with van der Waals surface area (Å²) >= 11 is 0. The summed E-state index contributed by atoms with van der Waals surface area (Å²) in [6, 6.07) is 5.68. The lowest BCUT2D eigenvalue weighted by molar-refractivity contribution is 0.552. The summed E-state index contributed by atoms with van der Waals surface area (Å²) in [6.07, 6.45) is 1.63. The molecular weight excluding hydrogens is 166 g/mol. The number of aryl methyl sites for hydroxylation is 1. The van der Waals surface area contributed by atoms with E-state index in [0.29, 0.717) is 5.58 Å². The van der Waals surface area contributed by atoms with Crippen molar-refractivity contribution in [3.8, 4) is 0 Å². The van der Waals surface area contributed by atoms with Gasteiger partial charge in [0.25, 0.3) is 0 Å². The van der Waals surface area contributed by atoms with E-state index in [4.69, 9.17) is 4.42 Å². The molecule has 3 nitrogen and oxygen atoms in total. The Balaban J connectivity index is 2.67. The molecule has 1 heterocycles. The molecule has 1 N–H and O–H groups in total. The number of nitrogens with one attached hydrogen (secondary N) is 1. The van der Waals surface area contributed by atoms with Gasteiger partial charge in [0.1, 0.15) is 0 Å². The molecular formula is C10H10NO2. The Kier molecular flexibility index (Phi) is 1.93. The van der Waals surface area contributed by atoms with Gasteiger partial charge >= 0.3 is 5.76 Å². The van der Waals surface area contributed by atoms with Crippen molar-refractivity contribution in [1.29, 1.82) is 0 Å². The third kappa shape index (κ3) is 1.37. The van der Waals surface area contributed by atoms with Crippen molar-refractivity contribution < 1.29 is 4.42 Å². The quantitative estimate of drug-likeness (QED) is 0.759. The molecule has 1 aromatic heterocycles. The van der Waals surface area contributed by atoms with E-state index < -0.39 is 5.76 Å². The molecule has 1 radical (unpaired) electrons. The van der Waals surface area contributed by atoms with Gasteiger partial charge in [-0.25, -0.2) is 4.79 Å². The highest BCUT2D eigenvalue weighted by atomic mass is 16.4. The van der Waals surface area contributed by atoms with Crippen molar-refractivity contribution in [2.75, 3.05) is 0 Å². The van der Waals surface area contributed by atoms with Crippen LogP contribution in [0.15, 0.2) is 27.4 Å². The van der Waals surface area contributed by atoms with E-state index >= 15 is 0 Å². The zero-order valence-electron chi connectivity index (χ0n) is 7.17. The summed E-state index contributed by atoms with van der Waals surface area (Å²) in [5, 5.41) is 0. The molecule has 0 aliphatic rings. The fourth-order valence-electron chi connectivity index (χ4n) is 1.42. The molecule has 0 aliphatic carbocycles. The summed E-state index contributed by atoms with van der Waals surface area (Å²) in [5.74, 6) is -0.397. The number of aromatic amines is 1. The summed E-state index contributed by atoms with van der Waals surface area (Å²) in [7, 11) is 0. The molecule has 0 fully saturated rings. The monoisotopic (exact) mass is 176 g/mol. The average Bonchev–Trinajstić information content (AvgIpc) is 2.47. The van der Waals surface area contributed by atoms with Crippen molar-refractivity contribution in [3.05, 3.63) is 41.2 Å². The van der Waals surface area contributed by atoms with Crippen LogP contribution in [-0.4, -0.2) is 4.98 Å². The predicted octanol–water partition coefficient (Wildman–Crippen LogP) is 1.89. The standard InChI is InChI=1S/C10H10NO2/c1-2-4-7-5-3-6-8-9(7)13-10(12)11-8/h3,5-6H,1-2,4H2,(H,11,12). The fourth-order valence-corrected chi connectivity index (χ4v) is 1.42. The van der Waals surface area contributed by atoms with Gasteiger partial charge in [-0.2, -0.15) is 0 Å². The number of para-hydroxylation sites is 1. The smallest absolute Gasteiger partial charge is 0.408 e. The van der Waals surface area contributed by atoms with Gasteiger partial charge in [-0.15, -0.1) is 0 Å². The number of rotatable bonds is 2. The molecule has 2 rings (SSSR count). The number of oxazole rings is 1. The van der Waals surface area contributed by atoms with E-state index in [9.17, 15) is 4.79 Å². The highest BCUT2D eigenvalue weighted by molar-refractivity contribution is 5.75. The first-order valence-corrected chi connectivity index (χ1v) is 4.21. The summed E-state index contributed by atoms with van der Waals surface area (Å²) < 4.78 is 5.01. The minimum Gasteiger partial charge on any atom is -0.408 e. The highest BCUT2D eigenvalue weighted by Gasteiger charge is 2.04. The molecule has 1 aromatic carbocycles. The summed E-state index contributed by atoms with van der Waals surface area (Å²) in [4.78, 5) is 13.5. The predicted molar refractivity (Wildman–Crippen MR) is 50.5 cm³/mol. The Labute approximate surface area is 75.4 Å². The molecule has 0 saturated heterocycles. The topological polar surface area (TPSA) is 46.0 Å². The van der Waals surface area contributed by atoms with Crippen LogP contribution in [0.1, 0.15) is 12.0 Å². The van der Waals surface area contributed by atoms with Gasteiger partial charge in [-0.1, -0.05) is 19.1 Å². The Morgan fingerprint density at radius 3 is 3.08 bits per heavy atom. The molecule has 0 atom stereocenters. The second-order valence-electron chi connectivity index (χ2n) is 2.91. The lowest BCUT2D eigenvalue weighted by Crippen LogP contribution is -1.92. The molecule has 0 unspecified atom stereocenters. The van der Waals surface area contributed by atoms with E-state index in [1.54, 1.807) is 0 Å². The lowest BCUT2D eigenvalue weighted by Gasteiger charge is -1.96. The summed E-state index contributed by atoms with van der Waals surface area (Å²) in [5.41, 5.74) is 2.46. The van der Waals surface area contributed by atoms with Crippen LogP contribution < -0.4 is 5.76 Å². The van der Waals surface area contributed by atoms with Crippen LogP contribution in [0, 0.1) is 6.92 Å². The van der Waals surface area contributed by atoms with Crippen LogP contribution in [-0.2, 0) is 6.42 Å². The van der Waals surface area contributed by atoms with Crippen LogP contribution >= 0.6 is 0 Å². The molecule has 0 saturated carbocycles. The first kappa shape index (κ1) is 8.10. The van der Waals surface area contributed by atoms with Crippen LogP contribution in [0.25, 0.3) is 11.1 Å². The molecule has 0 aliphatic heterocycles. The van der Waals surface area contributed by atoms with E-state index in [0.717, 1.165) is 23.9 Å². The number of aromatic nitrogens is 1. The van der Waals surface area contributed by atoms with Gasteiger partial charge in [0, 0.05) is 0 Å². The Bertz CT molecular complexity index is 467. The Hall–Kier alpha value is -1.51. The van der Waals surface area contributed by atoms with Gasteiger partial charge in [-0.05, 0) is 24.5 Å². The third-order valence-corrected chi connectivity index (χ3v) is 1.97. The first-order valence-electron chi connectivity index (χ1n) is 4.21. The molecule has 13 heavy (non-hydrogen) atoms. The second kappa shape index (κ2) is 3.09. The van der Waals surface area contributed by atoms with Crippen molar-refractivity contribution in [2.45, 2.75) is 12.8 Å². The SMILES string of the molecule is [CH2]CCc1cccc2[nH]c(=O)oc12. The minimum atomic E-state index is -0.397. The van der Waals surface area contributed by atoms with Crippen LogP contribution in [0.2, 0.25) is 0 Å². The fraction of sp³-hybridized carbons (Fsp3) is 0.200. The Morgan fingerprint density at radius 2 is 2.31 bits per heavy atom. The van der Waals surface area contributed by atoms with Gasteiger partial charge < -0.3 is 4.42 Å². The average molecular weight is 176 g/mol. The molecule has 3 heteroatoms. The zero-order valence-corrected chi connectivity index (χ0v) is 7.17. The van der Waals surface area contributed by atoms with Gasteiger partial charge in [0.15, 0.2) is 5.58 Å². The number of benzene rings is 1. The normalized spacial score (nSPS) is 10.8. The molecule has 0 spiro atoms. The largest absolute Gasteiger partial charge is 0.417 e. The third-order valence-electron chi connectivity index (χ3n) is 1.97. The van der Waals surface area contributed by atoms with Crippen LogP contribution in [0.4, 0.5) is 0 Å². The van der Waals surface area contributed by atoms with Crippen LogP contribution in [0.5, 0.6) is 0 Å². The highest BCUT2D eigenvalue weighted by Crippen LogP contribution is 2.16. The number of H-pyrrole nitrogens is 1. The van der Waals surface area contributed by atoms with Crippen LogP contribution in [0.3, 0.4) is 0 Å². The number of hydrogen-bond acceptors (Lipinski definition) is 2. The maximum atomic E-state index is 10.9. The number of hydrogen-bond donors (Lipinski definition) is 1. The second-order valence-corrected chi connectivity index (χ2v) is 2.91. The lowest BCUT2D eigenvalue weighted by atomic mass is 10.1. The van der Waals surface area contributed by atoms with E-state index in [1.165, 1.54) is 0 Å². The van der Waals surface area contributed by atoms with E-state index in [2.05, 4.69) is 11.9 Å². The van der Waals surface area contributed by atoms with E-state index in [-0.39, 0.29) is 0 Å². The van der Waals surface area contributed by atoms with Crippen molar-refractivity contribution in [1.82, 2.24) is 4.98 Å². The Morgan fingerprint density at radius 1 is 1.46 bits per heavy atom. The zero-order chi connectivity index (χ0) is 9.26. The summed E-state index contributed by atoms with van der Waals surface area (Å²) in [6.45, 7) is 3.76. The van der Waals surface area contributed by atoms with Gasteiger partial charge in [-0.3, -0.25) is 4.98 Å².